The van der Waals surface area contributed by atoms with Gasteiger partial charge in [-0.15, -0.1) is 0 Å². The Morgan fingerprint density at radius 2 is 1.30 bits per heavy atom. The van der Waals surface area contributed by atoms with Crippen molar-refractivity contribution in [3.05, 3.63) is 139 Å². The van der Waals surface area contributed by atoms with Crippen molar-refractivity contribution < 1.29 is 29.0 Å². The third kappa shape index (κ3) is 5.97. The molecule has 4 aromatic rings. The predicted octanol–water partition coefficient (Wildman–Crippen LogP) is 3.42. The molecule has 46 heavy (non-hydrogen) atoms. The Bertz CT molecular complexity index is 1700. The number of aliphatic hydroxyl groups is 1. The van der Waals surface area contributed by atoms with E-state index in [9.17, 15) is 24.3 Å². The van der Waals surface area contributed by atoms with Crippen LogP contribution < -0.4 is 21.6 Å². The van der Waals surface area contributed by atoms with E-state index >= 15 is 0 Å². The molecular formula is C37H35N2O6P. The first-order valence-corrected chi connectivity index (χ1v) is 16.7. The molecule has 1 heterocycles. The number of amides is 2. The number of aliphatic hydroxyl groups excluding tert-OH is 1. The van der Waals surface area contributed by atoms with Crippen molar-refractivity contribution in [1.29, 1.82) is 0 Å². The van der Waals surface area contributed by atoms with Crippen molar-refractivity contribution in [2.75, 3.05) is 6.61 Å². The van der Waals surface area contributed by atoms with Crippen molar-refractivity contribution >= 4 is 51.8 Å². The van der Waals surface area contributed by atoms with E-state index < -0.39 is 42.7 Å². The number of ether oxygens (including phenoxy) is 1. The summed E-state index contributed by atoms with van der Waals surface area (Å²) in [4.78, 5) is 55.3. The lowest BCUT2D eigenvalue weighted by atomic mass is 9.79. The highest BCUT2D eigenvalue weighted by atomic mass is 31.2. The number of nitrogens with zero attached hydrogens (tertiary/aromatic N) is 1. The monoisotopic (exact) mass is 634 g/mol. The fourth-order valence-electron chi connectivity index (χ4n) is 6.07. The SMILES string of the molecule is C=CCOC(=O)C(N1C(=O)C(C(C)O)C1CC(=O)c1ccc(C(N)=O)cc1)=P(c1ccccc1)(c1ccccc1)c1ccccc1. The highest BCUT2D eigenvalue weighted by molar-refractivity contribution is 7.96. The van der Waals surface area contributed by atoms with Gasteiger partial charge in [0.05, 0.1) is 18.1 Å². The maximum absolute atomic E-state index is 14.5. The Balaban J connectivity index is 1.81. The van der Waals surface area contributed by atoms with Crippen molar-refractivity contribution in [3.63, 3.8) is 0 Å². The highest BCUT2D eigenvalue weighted by Crippen LogP contribution is 2.50. The van der Waals surface area contributed by atoms with Crippen molar-refractivity contribution in [2.24, 2.45) is 11.7 Å². The van der Waals surface area contributed by atoms with Gasteiger partial charge in [-0.05, 0) is 35.0 Å². The van der Waals surface area contributed by atoms with Gasteiger partial charge >= 0.3 is 5.97 Å². The van der Waals surface area contributed by atoms with E-state index in [1.54, 1.807) is 0 Å². The molecule has 3 unspecified atom stereocenters. The van der Waals surface area contributed by atoms with Gasteiger partial charge in [0.2, 0.25) is 11.8 Å². The second-order valence-electron chi connectivity index (χ2n) is 11.0. The Kier molecular flexibility index (Phi) is 9.81. The minimum Gasteiger partial charge on any atom is -0.457 e. The number of ketones is 1. The van der Waals surface area contributed by atoms with E-state index in [4.69, 9.17) is 10.5 Å². The summed E-state index contributed by atoms with van der Waals surface area (Å²) in [6, 6.07) is 33.6. The summed E-state index contributed by atoms with van der Waals surface area (Å²) < 4.78 is 5.75. The van der Waals surface area contributed by atoms with Gasteiger partial charge in [-0.3, -0.25) is 14.4 Å². The molecule has 4 aromatic carbocycles. The average molecular weight is 635 g/mol. The minimum atomic E-state index is -3.18. The zero-order valence-electron chi connectivity index (χ0n) is 25.4. The number of nitrogens with two attached hydrogens (primary N) is 1. The van der Waals surface area contributed by atoms with Crippen molar-refractivity contribution in [1.82, 2.24) is 4.90 Å². The molecule has 1 aliphatic heterocycles. The number of hydrogen-bond acceptors (Lipinski definition) is 6. The molecule has 1 saturated heterocycles. The summed E-state index contributed by atoms with van der Waals surface area (Å²) in [6.45, 7) is 1.93. The van der Waals surface area contributed by atoms with Gasteiger partial charge in [-0.25, -0.2) is 4.79 Å². The molecule has 3 N–H and O–H groups in total. The summed E-state index contributed by atoms with van der Waals surface area (Å²) >= 11 is 0. The Hall–Kier alpha value is -5.04. The van der Waals surface area contributed by atoms with Crippen molar-refractivity contribution in [2.45, 2.75) is 25.5 Å². The minimum absolute atomic E-state index is 0.0988. The number of carbonyl (C=O) groups is 4. The lowest BCUT2D eigenvalue weighted by Gasteiger charge is -2.50. The molecular weight excluding hydrogens is 599 g/mol. The number of benzene rings is 4. The summed E-state index contributed by atoms with van der Waals surface area (Å²) in [5.41, 5.74) is 6.04. The van der Waals surface area contributed by atoms with Crippen molar-refractivity contribution in [3.8, 4) is 0 Å². The number of hydrogen-bond donors (Lipinski definition) is 2. The summed E-state index contributed by atoms with van der Waals surface area (Å²) in [6.07, 6.45) is 0.173. The fraction of sp³-hybridized carbons (Fsp3) is 0.162. The van der Waals surface area contributed by atoms with Gasteiger partial charge in [-0.2, -0.15) is 0 Å². The smallest absolute Gasteiger partial charge is 0.356 e. The second kappa shape index (κ2) is 13.9. The maximum Gasteiger partial charge on any atom is 0.356 e. The largest absolute Gasteiger partial charge is 0.457 e. The quantitative estimate of drug-likeness (QED) is 0.0809. The van der Waals surface area contributed by atoms with Crippen LogP contribution in [-0.2, 0) is 14.3 Å². The van der Waals surface area contributed by atoms with E-state index in [0.717, 1.165) is 15.9 Å². The first-order valence-electron chi connectivity index (χ1n) is 14.9. The van der Waals surface area contributed by atoms with E-state index in [-0.39, 0.29) is 29.8 Å². The number of β-lactam (4-membered cyclic amide) rings is 1. The van der Waals surface area contributed by atoms with Crippen LogP contribution in [0.15, 0.2) is 128 Å². The van der Waals surface area contributed by atoms with Gasteiger partial charge in [0.1, 0.15) is 12.0 Å². The van der Waals surface area contributed by atoms with Crippen LogP contribution in [0.4, 0.5) is 0 Å². The van der Waals surface area contributed by atoms with Crippen LogP contribution in [0.5, 0.6) is 0 Å². The van der Waals surface area contributed by atoms with E-state index in [0.29, 0.717) is 5.56 Å². The molecule has 0 aromatic heterocycles. The second-order valence-corrected chi connectivity index (χ2v) is 14.3. The predicted molar refractivity (Wildman–Crippen MR) is 181 cm³/mol. The molecule has 1 aliphatic rings. The van der Waals surface area contributed by atoms with Crippen LogP contribution in [0.1, 0.15) is 34.1 Å². The molecule has 8 nitrogen and oxygen atoms in total. The number of carbonyl (C=O) groups excluding carboxylic acids is 4. The zero-order valence-corrected chi connectivity index (χ0v) is 26.3. The lowest BCUT2D eigenvalue weighted by molar-refractivity contribution is -0.157. The normalized spacial score (nSPS) is 16.6. The Labute approximate surface area is 268 Å². The highest BCUT2D eigenvalue weighted by Gasteiger charge is 2.55. The number of primary amides is 1. The first kappa shape index (κ1) is 32.4. The van der Waals surface area contributed by atoms with Crippen LogP contribution in [-0.4, -0.2) is 57.7 Å². The molecule has 0 saturated carbocycles. The summed E-state index contributed by atoms with van der Waals surface area (Å²) in [5.74, 6) is -3.09. The molecule has 0 bridgehead atoms. The molecule has 0 radical (unpaired) electrons. The van der Waals surface area contributed by atoms with E-state index in [1.165, 1.54) is 42.2 Å². The Morgan fingerprint density at radius 1 is 0.848 bits per heavy atom. The molecule has 5 rings (SSSR count). The maximum atomic E-state index is 14.5. The van der Waals surface area contributed by atoms with Gasteiger partial charge in [0.25, 0.3) is 0 Å². The molecule has 1 fully saturated rings. The van der Waals surface area contributed by atoms with Crippen LogP contribution in [0, 0.1) is 5.92 Å². The van der Waals surface area contributed by atoms with Crippen LogP contribution in [0.3, 0.4) is 0 Å². The third-order valence-corrected chi connectivity index (χ3v) is 12.4. The number of rotatable bonds is 12. The number of esters is 1. The number of Topliss-reactive ketones (excluding diaryl/α,β-unsaturated/α-hetero) is 1. The van der Waals surface area contributed by atoms with Gasteiger partial charge in [0, 0.05) is 24.4 Å². The van der Waals surface area contributed by atoms with Gasteiger partial charge in [0.15, 0.2) is 5.78 Å². The first-order chi connectivity index (χ1) is 22.2. The molecule has 0 aliphatic carbocycles. The standard InChI is InChI=1S/C37H35N2O6P/c1-3-23-45-37(44)36(39-31(33(25(2)40)35(39)43)24-32(41)26-19-21-27(22-20-26)34(38)42)46(28-13-7-4-8-14-28,29-15-9-5-10-16-29)30-17-11-6-12-18-30/h3-22,25,31,33,40H,1,23-24H2,2H3,(H2,38,42). The zero-order chi connectivity index (χ0) is 32.8. The average Bonchev–Trinajstić information content (AvgIpc) is 3.08. The molecule has 9 heteroatoms. The van der Waals surface area contributed by atoms with Gasteiger partial charge in [-0.1, -0.05) is 116 Å². The third-order valence-electron chi connectivity index (χ3n) is 8.17. The molecule has 0 spiro atoms. The molecule has 2 amide bonds. The van der Waals surface area contributed by atoms with Crippen LogP contribution >= 0.6 is 6.89 Å². The van der Waals surface area contributed by atoms with E-state index in [1.807, 2.05) is 91.0 Å². The van der Waals surface area contributed by atoms with Gasteiger partial charge < -0.3 is 20.5 Å². The summed E-state index contributed by atoms with van der Waals surface area (Å²) in [7, 11) is 0. The van der Waals surface area contributed by atoms with Crippen LogP contribution in [0.25, 0.3) is 0 Å². The lowest BCUT2D eigenvalue weighted by Crippen LogP contribution is -2.68. The Morgan fingerprint density at radius 3 is 1.72 bits per heavy atom. The van der Waals surface area contributed by atoms with E-state index in [2.05, 4.69) is 6.58 Å². The van der Waals surface area contributed by atoms with Crippen LogP contribution in [0.2, 0.25) is 0 Å². The molecule has 3 atom stereocenters. The molecule has 234 valence electrons. The number of likely N-dealkylation sites (tertiary alicyclic amines) is 1. The topological polar surface area (TPSA) is 127 Å². The summed E-state index contributed by atoms with van der Waals surface area (Å²) in [5, 5.41) is 13.2. The fourth-order valence-corrected chi connectivity index (χ4v) is 10.5.